The molecule has 0 aliphatic carbocycles. The predicted octanol–water partition coefficient (Wildman–Crippen LogP) is 3.08. The summed E-state index contributed by atoms with van der Waals surface area (Å²) >= 11 is 0. The van der Waals surface area contributed by atoms with E-state index in [4.69, 9.17) is 18.9 Å². The minimum Gasteiger partial charge on any atom is -0.497 e. The highest BCUT2D eigenvalue weighted by atomic mass is 16.6. The lowest BCUT2D eigenvalue weighted by Crippen LogP contribution is -2.45. The first-order valence-electron chi connectivity index (χ1n) is 9.33. The molecule has 156 valence electrons. The van der Waals surface area contributed by atoms with Crippen LogP contribution in [-0.4, -0.2) is 45.4 Å². The van der Waals surface area contributed by atoms with Crippen LogP contribution in [0.3, 0.4) is 0 Å². The SMILES string of the molecule is COc1ccc(OCCOC(=O)[C@@H](NC(=O)c2ccc(OC)cc2)C(C)C)cc1. The van der Waals surface area contributed by atoms with Crippen LogP contribution >= 0.6 is 0 Å². The molecule has 2 rings (SSSR count). The van der Waals surface area contributed by atoms with Crippen molar-refractivity contribution in [2.75, 3.05) is 27.4 Å². The zero-order chi connectivity index (χ0) is 21.2. The number of amides is 1. The van der Waals surface area contributed by atoms with Gasteiger partial charge in [0.1, 0.15) is 36.5 Å². The molecule has 29 heavy (non-hydrogen) atoms. The van der Waals surface area contributed by atoms with E-state index in [0.717, 1.165) is 5.75 Å². The first-order valence-corrected chi connectivity index (χ1v) is 9.33. The molecule has 1 amide bonds. The van der Waals surface area contributed by atoms with Crippen LogP contribution in [0.15, 0.2) is 48.5 Å². The van der Waals surface area contributed by atoms with Gasteiger partial charge in [-0.1, -0.05) is 13.8 Å². The van der Waals surface area contributed by atoms with Crippen molar-refractivity contribution in [1.82, 2.24) is 5.32 Å². The number of carbonyl (C=O) groups is 2. The average Bonchev–Trinajstić information content (AvgIpc) is 2.75. The van der Waals surface area contributed by atoms with Gasteiger partial charge in [-0.15, -0.1) is 0 Å². The largest absolute Gasteiger partial charge is 0.497 e. The summed E-state index contributed by atoms with van der Waals surface area (Å²) in [6.45, 7) is 3.96. The minimum atomic E-state index is -0.759. The van der Waals surface area contributed by atoms with Crippen molar-refractivity contribution >= 4 is 11.9 Å². The summed E-state index contributed by atoms with van der Waals surface area (Å²) in [5.74, 6) is 1.05. The number of hydrogen-bond acceptors (Lipinski definition) is 6. The van der Waals surface area contributed by atoms with Crippen molar-refractivity contribution in [2.45, 2.75) is 19.9 Å². The van der Waals surface area contributed by atoms with E-state index in [0.29, 0.717) is 17.1 Å². The van der Waals surface area contributed by atoms with Crippen molar-refractivity contribution < 1.29 is 28.5 Å². The van der Waals surface area contributed by atoms with Gasteiger partial charge in [-0.25, -0.2) is 4.79 Å². The second-order valence-corrected chi connectivity index (χ2v) is 6.62. The molecule has 0 saturated carbocycles. The zero-order valence-corrected chi connectivity index (χ0v) is 17.1. The van der Waals surface area contributed by atoms with E-state index in [1.54, 1.807) is 62.8 Å². The summed E-state index contributed by atoms with van der Waals surface area (Å²) < 4.78 is 21.0. The molecule has 2 aromatic carbocycles. The maximum absolute atomic E-state index is 12.4. The lowest BCUT2D eigenvalue weighted by atomic mass is 10.0. The number of methoxy groups -OCH3 is 2. The second kappa shape index (κ2) is 10.9. The van der Waals surface area contributed by atoms with E-state index in [1.165, 1.54) is 0 Å². The van der Waals surface area contributed by atoms with Crippen molar-refractivity contribution in [3.8, 4) is 17.2 Å². The van der Waals surface area contributed by atoms with Gasteiger partial charge in [0.25, 0.3) is 5.91 Å². The van der Waals surface area contributed by atoms with E-state index in [9.17, 15) is 9.59 Å². The van der Waals surface area contributed by atoms with Crippen molar-refractivity contribution in [2.24, 2.45) is 5.92 Å². The monoisotopic (exact) mass is 401 g/mol. The first-order chi connectivity index (χ1) is 13.9. The summed E-state index contributed by atoms with van der Waals surface area (Å²) in [5, 5.41) is 2.73. The van der Waals surface area contributed by atoms with Gasteiger partial charge in [0, 0.05) is 5.56 Å². The molecule has 1 N–H and O–H groups in total. The van der Waals surface area contributed by atoms with Gasteiger partial charge in [-0.2, -0.15) is 0 Å². The van der Waals surface area contributed by atoms with Crippen LogP contribution in [0.1, 0.15) is 24.2 Å². The molecule has 0 saturated heterocycles. The first kappa shape index (κ1) is 22.1. The third kappa shape index (κ3) is 6.71. The van der Waals surface area contributed by atoms with Gasteiger partial charge in [-0.05, 0) is 54.4 Å². The molecule has 2 aromatic rings. The number of nitrogens with one attached hydrogen (secondary N) is 1. The van der Waals surface area contributed by atoms with Crippen molar-refractivity contribution in [3.05, 3.63) is 54.1 Å². The Morgan fingerprint density at radius 1 is 0.828 bits per heavy atom. The highest BCUT2D eigenvalue weighted by molar-refractivity contribution is 5.96. The van der Waals surface area contributed by atoms with E-state index in [1.807, 2.05) is 13.8 Å². The van der Waals surface area contributed by atoms with Gasteiger partial charge >= 0.3 is 5.97 Å². The molecule has 1 atom stereocenters. The molecule has 0 fully saturated rings. The maximum Gasteiger partial charge on any atom is 0.329 e. The maximum atomic E-state index is 12.4. The molecule has 0 aliphatic heterocycles. The summed E-state index contributed by atoms with van der Waals surface area (Å²) in [6, 6.07) is 13.0. The fraction of sp³-hybridized carbons (Fsp3) is 0.364. The zero-order valence-electron chi connectivity index (χ0n) is 17.1. The minimum absolute atomic E-state index is 0.0759. The topological polar surface area (TPSA) is 83.1 Å². The van der Waals surface area contributed by atoms with E-state index >= 15 is 0 Å². The summed E-state index contributed by atoms with van der Waals surface area (Å²) in [7, 11) is 3.14. The molecule has 0 aromatic heterocycles. The Bertz CT molecular complexity index is 786. The molecular weight excluding hydrogens is 374 g/mol. The van der Waals surface area contributed by atoms with Gasteiger partial charge < -0.3 is 24.3 Å². The van der Waals surface area contributed by atoms with Gasteiger partial charge in [-0.3, -0.25) is 4.79 Å². The Morgan fingerprint density at radius 2 is 1.34 bits per heavy atom. The summed E-state index contributed by atoms with van der Waals surface area (Å²) in [5.41, 5.74) is 0.437. The molecular formula is C22H27NO6. The van der Waals surface area contributed by atoms with Crippen molar-refractivity contribution in [3.63, 3.8) is 0 Å². The van der Waals surface area contributed by atoms with Crippen molar-refractivity contribution in [1.29, 1.82) is 0 Å². The molecule has 0 bridgehead atoms. The number of rotatable bonds is 10. The Balaban J connectivity index is 1.83. The Morgan fingerprint density at radius 3 is 1.86 bits per heavy atom. The van der Waals surface area contributed by atoms with Crippen LogP contribution in [0.5, 0.6) is 17.2 Å². The molecule has 0 spiro atoms. The lowest BCUT2D eigenvalue weighted by Gasteiger charge is -2.21. The van der Waals surface area contributed by atoms with Crippen LogP contribution in [0.2, 0.25) is 0 Å². The normalized spacial score (nSPS) is 11.5. The highest BCUT2D eigenvalue weighted by Crippen LogP contribution is 2.17. The van der Waals surface area contributed by atoms with Crippen LogP contribution in [0.4, 0.5) is 0 Å². The van der Waals surface area contributed by atoms with Crippen LogP contribution in [0.25, 0.3) is 0 Å². The number of ether oxygens (including phenoxy) is 4. The Hall–Kier alpha value is -3.22. The highest BCUT2D eigenvalue weighted by Gasteiger charge is 2.26. The molecule has 0 radical (unpaired) electrons. The summed E-state index contributed by atoms with van der Waals surface area (Å²) in [6.07, 6.45) is 0. The van der Waals surface area contributed by atoms with E-state index in [-0.39, 0.29) is 25.0 Å². The van der Waals surface area contributed by atoms with E-state index < -0.39 is 12.0 Å². The number of esters is 1. The number of hydrogen-bond donors (Lipinski definition) is 1. The van der Waals surface area contributed by atoms with Gasteiger partial charge in [0.15, 0.2) is 0 Å². The van der Waals surface area contributed by atoms with Crippen LogP contribution in [0, 0.1) is 5.92 Å². The standard InChI is InChI=1S/C22H27NO6/c1-15(2)20(23-21(24)16-5-7-17(26-3)8-6-16)22(25)29-14-13-28-19-11-9-18(27-4)10-12-19/h5-12,15,20H,13-14H2,1-4H3,(H,23,24)/t20-/m0/s1. The quantitative estimate of drug-likeness (QED) is 0.487. The Labute approximate surface area is 170 Å². The van der Waals surface area contributed by atoms with Crippen LogP contribution in [-0.2, 0) is 9.53 Å². The fourth-order valence-electron chi connectivity index (χ4n) is 2.53. The smallest absolute Gasteiger partial charge is 0.329 e. The molecule has 0 aliphatic rings. The second-order valence-electron chi connectivity index (χ2n) is 6.62. The third-order valence-corrected chi connectivity index (χ3v) is 4.22. The molecule has 7 nitrogen and oxygen atoms in total. The molecule has 0 heterocycles. The van der Waals surface area contributed by atoms with Crippen LogP contribution < -0.4 is 19.5 Å². The van der Waals surface area contributed by atoms with Gasteiger partial charge in [0.2, 0.25) is 0 Å². The Kier molecular flexibility index (Phi) is 8.33. The third-order valence-electron chi connectivity index (χ3n) is 4.22. The lowest BCUT2D eigenvalue weighted by molar-refractivity contribution is -0.147. The number of carbonyl (C=O) groups excluding carboxylic acids is 2. The van der Waals surface area contributed by atoms with E-state index in [2.05, 4.69) is 5.32 Å². The number of benzene rings is 2. The van der Waals surface area contributed by atoms with Gasteiger partial charge in [0.05, 0.1) is 14.2 Å². The average molecular weight is 401 g/mol. The molecule has 7 heteroatoms. The summed E-state index contributed by atoms with van der Waals surface area (Å²) in [4.78, 5) is 24.9. The fourth-order valence-corrected chi connectivity index (χ4v) is 2.53. The predicted molar refractivity (Wildman–Crippen MR) is 109 cm³/mol. The molecule has 0 unspecified atom stereocenters.